The molecule has 1 aromatic heterocycles. The van der Waals surface area contributed by atoms with Gasteiger partial charge in [0.25, 0.3) is 0 Å². The van der Waals surface area contributed by atoms with E-state index >= 15 is 0 Å². The minimum absolute atomic E-state index is 0.174. The van der Waals surface area contributed by atoms with Gasteiger partial charge in [0, 0.05) is 6.54 Å². The number of carbonyl (C=O) groups is 2. The zero-order valence-corrected chi connectivity index (χ0v) is 16.7. The van der Waals surface area contributed by atoms with Crippen molar-refractivity contribution in [3.05, 3.63) is 53.2 Å². The number of likely N-dealkylation sites (tertiary alicyclic amines) is 1. The molecule has 3 N–H and O–H groups in total. The molecule has 1 aliphatic heterocycles. The van der Waals surface area contributed by atoms with Gasteiger partial charge in [-0.3, -0.25) is 9.59 Å². The van der Waals surface area contributed by atoms with Crippen LogP contribution in [0.2, 0.25) is 0 Å². The van der Waals surface area contributed by atoms with Crippen LogP contribution in [-0.2, 0) is 15.8 Å². The molecule has 0 bridgehead atoms. The maximum absolute atomic E-state index is 12.9. The SMILES string of the molecule is Cc1cc(NC(=O)C(=O)N2CC(C)CCC2c2ccc(C(F)(F)F)cc2)cnc1N. The number of nitrogens with zero attached hydrogens (tertiary/aromatic N) is 2. The zero-order chi connectivity index (χ0) is 22.1. The minimum atomic E-state index is -4.43. The van der Waals surface area contributed by atoms with E-state index in [9.17, 15) is 22.8 Å². The summed E-state index contributed by atoms with van der Waals surface area (Å²) in [6.07, 6.45) is -1.70. The Morgan fingerprint density at radius 1 is 1.20 bits per heavy atom. The Kier molecular flexibility index (Phi) is 6.00. The van der Waals surface area contributed by atoms with E-state index in [1.54, 1.807) is 13.0 Å². The quantitative estimate of drug-likeness (QED) is 0.721. The largest absolute Gasteiger partial charge is 0.416 e. The molecule has 30 heavy (non-hydrogen) atoms. The van der Waals surface area contributed by atoms with Gasteiger partial charge in [0.15, 0.2) is 0 Å². The minimum Gasteiger partial charge on any atom is -0.383 e. The summed E-state index contributed by atoms with van der Waals surface area (Å²) >= 11 is 0. The molecule has 0 spiro atoms. The summed E-state index contributed by atoms with van der Waals surface area (Å²) in [5.41, 5.74) is 6.49. The summed E-state index contributed by atoms with van der Waals surface area (Å²) in [7, 11) is 0. The van der Waals surface area contributed by atoms with Crippen molar-refractivity contribution in [3.8, 4) is 0 Å². The number of nitrogen functional groups attached to an aromatic ring is 1. The normalized spacial score (nSPS) is 19.4. The van der Waals surface area contributed by atoms with Crippen molar-refractivity contribution in [2.24, 2.45) is 5.92 Å². The number of amides is 2. The molecule has 2 aromatic rings. The molecule has 2 amide bonds. The van der Waals surface area contributed by atoms with Gasteiger partial charge in [0.1, 0.15) is 5.82 Å². The number of hydrogen-bond acceptors (Lipinski definition) is 4. The van der Waals surface area contributed by atoms with Gasteiger partial charge in [-0.05, 0) is 55.0 Å². The molecule has 160 valence electrons. The summed E-state index contributed by atoms with van der Waals surface area (Å²) in [6, 6.07) is 5.88. The van der Waals surface area contributed by atoms with E-state index in [4.69, 9.17) is 5.73 Å². The van der Waals surface area contributed by atoms with Gasteiger partial charge in [-0.1, -0.05) is 19.1 Å². The molecule has 1 aliphatic rings. The fraction of sp³-hybridized carbons (Fsp3) is 0.381. The second-order valence-electron chi connectivity index (χ2n) is 7.66. The van der Waals surface area contributed by atoms with Crippen LogP contribution in [0.25, 0.3) is 0 Å². The Hall–Kier alpha value is -3.10. The van der Waals surface area contributed by atoms with E-state index < -0.39 is 29.6 Å². The van der Waals surface area contributed by atoms with Crippen LogP contribution in [0.4, 0.5) is 24.7 Å². The van der Waals surface area contributed by atoms with Gasteiger partial charge in [0.05, 0.1) is 23.5 Å². The standard InChI is InChI=1S/C21H23F3N4O2/c1-12-3-8-17(14-4-6-15(7-5-14)21(22,23)24)28(11-12)20(30)19(29)27-16-9-13(2)18(25)26-10-16/h4-7,9-10,12,17H,3,8,11H2,1-2H3,(H2,25,26)(H,27,29). The highest BCUT2D eigenvalue weighted by Gasteiger charge is 2.35. The van der Waals surface area contributed by atoms with E-state index in [2.05, 4.69) is 10.3 Å². The van der Waals surface area contributed by atoms with Crippen molar-refractivity contribution in [1.82, 2.24) is 9.88 Å². The number of benzene rings is 1. The van der Waals surface area contributed by atoms with Crippen molar-refractivity contribution >= 4 is 23.3 Å². The number of piperidine rings is 1. The van der Waals surface area contributed by atoms with Gasteiger partial charge in [0.2, 0.25) is 0 Å². The van der Waals surface area contributed by atoms with Crippen LogP contribution in [0, 0.1) is 12.8 Å². The Bertz CT molecular complexity index is 944. The van der Waals surface area contributed by atoms with Crippen LogP contribution in [0.15, 0.2) is 36.5 Å². The van der Waals surface area contributed by atoms with Crippen LogP contribution in [0.3, 0.4) is 0 Å². The van der Waals surface area contributed by atoms with Crippen molar-refractivity contribution in [2.75, 3.05) is 17.6 Å². The monoisotopic (exact) mass is 420 g/mol. The molecule has 2 atom stereocenters. The molecule has 9 heteroatoms. The highest BCUT2D eigenvalue weighted by atomic mass is 19.4. The number of nitrogens with one attached hydrogen (secondary N) is 1. The van der Waals surface area contributed by atoms with E-state index in [0.29, 0.717) is 35.6 Å². The molecule has 0 aliphatic carbocycles. The molecule has 3 rings (SSSR count). The van der Waals surface area contributed by atoms with Gasteiger partial charge in [-0.15, -0.1) is 0 Å². The number of aryl methyl sites for hydroxylation is 1. The molecule has 2 heterocycles. The number of pyridine rings is 1. The van der Waals surface area contributed by atoms with Crippen LogP contribution in [0.5, 0.6) is 0 Å². The zero-order valence-electron chi connectivity index (χ0n) is 16.7. The molecular formula is C21H23F3N4O2. The van der Waals surface area contributed by atoms with E-state index in [1.807, 2.05) is 6.92 Å². The molecule has 1 aromatic carbocycles. The molecule has 0 radical (unpaired) electrons. The summed E-state index contributed by atoms with van der Waals surface area (Å²) < 4.78 is 38.6. The highest BCUT2D eigenvalue weighted by Crippen LogP contribution is 2.35. The number of halogens is 3. The van der Waals surface area contributed by atoms with E-state index in [-0.39, 0.29) is 5.92 Å². The van der Waals surface area contributed by atoms with E-state index in [0.717, 1.165) is 18.6 Å². The first kappa shape index (κ1) is 21.6. The third-order valence-corrected chi connectivity index (χ3v) is 5.27. The van der Waals surface area contributed by atoms with Crippen molar-refractivity contribution in [1.29, 1.82) is 0 Å². The Labute approximate surface area is 172 Å². The van der Waals surface area contributed by atoms with Gasteiger partial charge >= 0.3 is 18.0 Å². The maximum Gasteiger partial charge on any atom is 0.416 e. The summed E-state index contributed by atoms with van der Waals surface area (Å²) in [6.45, 7) is 4.04. The highest BCUT2D eigenvalue weighted by molar-refractivity contribution is 6.39. The fourth-order valence-corrected chi connectivity index (χ4v) is 3.59. The smallest absolute Gasteiger partial charge is 0.383 e. The second-order valence-corrected chi connectivity index (χ2v) is 7.66. The lowest BCUT2D eigenvalue weighted by Gasteiger charge is -2.38. The Morgan fingerprint density at radius 2 is 1.87 bits per heavy atom. The Balaban J connectivity index is 1.80. The second kappa shape index (κ2) is 8.33. The summed E-state index contributed by atoms with van der Waals surface area (Å²) in [4.78, 5) is 30.9. The first-order valence-electron chi connectivity index (χ1n) is 9.57. The lowest BCUT2D eigenvalue weighted by atomic mass is 9.89. The third-order valence-electron chi connectivity index (χ3n) is 5.27. The van der Waals surface area contributed by atoms with Crippen LogP contribution in [0.1, 0.15) is 42.5 Å². The van der Waals surface area contributed by atoms with Gasteiger partial charge in [-0.25, -0.2) is 4.98 Å². The number of nitrogens with two attached hydrogens (primary N) is 1. The van der Waals surface area contributed by atoms with Crippen molar-refractivity contribution in [3.63, 3.8) is 0 Å². The molecule has 6 nitrogen and oxygen atoms in total. The first-order valence-corrected chi connectivity index (χ1v) is 9.57. The number of alkyl halides is 3. The fourth-order valence-electron chi connectivity index (χ4n) is 3.59. The lowest BCUT2D eigenvalue weighted by Crippen LogP contribution is -2.46. The molecule has 1 fully saturated rings. The van der Waals surface area contributed by atoms with Crippen molar-refractivity contribution in [2.45, 2.75) is 38.9 Å². The van der Waals surface area contributed by atoms with E-state index in [1.165, 1.54) is 23.2 Å². The average molecular weight is 420 g/mol. The predicted molar refractivity (Wildman–Crippen MR) is 106 cm³/mol. The van der Waals surface area contributed by atoms with Crippen LogP contribution < -0.4 is 11.1 Å². The summed E-state index contributed by atoms with van der Waals surface area (Å²) in [5.74, 6) is -1.06. The maximum atomic E-state index is 12.9. The number of rotatable bonds is 2. The molecule has 0 saturated carbocycles. The number of aromatic nitrogens is 1. The average Bonchev–Trinajstić information content (AvgIpc) is 2.69. The summed E-state index contributed by atoms with van der Waals surface area (Å²) in [5, 5.41) is 2.53. The molecular weight excluding hydrogens is 397 g/mol. The first-order chi connectivity index (χ1) is 14.1. The van der Waals surface area contributed by atoms with Crippen LogP contribution in [-0.4, -0.2) is 28.2 Å². The number of anilines is 2. The Morgan fingerprint density at radius 3 is 2.47 bits per heavy atom. The molecule has 1 saturated heterocycles. The lowest BCUT2D eigenvalue weighted by molar-refractivity contribution is -0.146. The van der Waals surface area contributed by atoms with Crippen LogP contribution >= 0.6 is 0 Å². The third kappa shape index (κ3) is 4.72. The van der Waals surface area contributed by atoms with Gasteiger partial charge < -0.3 is 16.0 Å². The van der Waals surface area contributed by atoms with Gasteiger partial charge in [-0.2, -0.15) is 13.2 Å². The number of hydrogen-bond donors (Lipinski definition) is 2. The predicted octanol–water partition coefficient (Wildman–Crippen LogP) is 3.93. The van der Waals surface area contributed by atoms with Crippen molar-refractivity contribution < 1.29 is 22.8 Å². The molecule has 2 unspecified atom stereocenters. The topological polar surface area (TPSA) is 88.3 Å². The number of carbonyl (C=O) groups excluding carboxylic acids is 2.